The molecule has 80 valence electrons. The summed E-state index contributed by atoms with van der Waals surface area (Å²) in [7, 11) is 0. The highest BCUT2D eigenvalue weighted by molar-refractivity contribution is 6.01. The molecule has 0 unspecified atom stereocenters. The molecule has 0 aromatic heterocycles. The molecule has 0 bridgehead atoms. The minimum atomic E-state index is -0.661. The van der Waals surface area contributed by atoms with Crippen molar-refractivity contribution in [3.8, 4) is 0 Å². The van der Waals surface area contributed by atoms with Crippen LogP contribution in [0.2, 0.25) is 0 Å². The van der Waals surface area contributed by atoms with Gasteiger partial charge in [0.15, 0.2) is 0 Å². The number of rotatable bonds is 5. The van der Waals surface area contributed by atoms with Crippen molar-refractivity contribution in [2.45, 2.75) is 41.0 Å². The maximum atomic E-state index is 11.3. The fraction of sp³-hybridized carbons (Fsp3) is 0.727. The molecule has 3 heteroatoms. The van der Waals surface area contributed by atoms with Gasteiger partial charge in [0, 0.05) is 6.42 Å². The molecule has 0 aromatic carbocycles. The molecular formula is C11H18O3. The van der Waals surface area contributed by atoms with Gasteiger partial charge in [0.05, 0.1) is 5.92 Å². The smallest absolute Gasteiger partial charge is 0.140 e. The average molecular weight is 198 g/mol. The molecule has 0 heterocycles. The zero-order chi connectivity index (χ0) is 11.5. The van der Waals surface area contributed by atoms with Gasteiger partial charge in [0.2, 0.25) is 0 Å². The number of Topliss-reactive ketones (excluding diaryl/α,β-unsaturated/α-hetero) is 3. The molecule has 0 aliphatic heterocycles. The fourth-order valence-corrected chi connectivity index (χ4v) is 2.13. The summed E-state index contributed by atoms with van der Waals surface area (Å²) < 4.78 is 0. The van der Waals surface area contributed by atoms with Crippen LogP contribution in [0, 0.1) is 11.3 Å². The molecule has 0 aliphatic rings. The number of carbonyl (C=O) groups is 3. The Morgan fingerprint density at radius 2 is 1.36 bits per heavy atom. The van der Waals surface area contributed by atoms with E-state index in [9.17, 15) is 14.4 Å². The lowest BCUT2D eigenvalue weighted by molar-refractivity contribution is -0.136. The van der Waals surface area contributed by atoms with E-state index < -0.39 is 11.3 Å². The van der Waals surface area contributed by atoms with Crippen LogP contribution in [-0.4, -0.2) is 17.3 Å². The van der Waals surface area contributed by atoms with E-state index in [-0.39, 0.29) is 23.8 Å². The average Bonchev–Trinajstić information content (AvgIpc) is 1.77. The van der Waals surface area contributed by atoms with Gasteiger partial charge in [-0.1, -0.05) is 13.8 Å². The topological polar surface area (TPSA) is 51.2 Å². The lowest BCUT2D eigenvalue weighted by Gasteiger charge is -2.29. The van der Waals surface area contributed by atoms with E-state index in [1.165, 1.54) is 20.8 Å². The molecular weight excluding hydrogens is 180 g/mol. The number of ketones is 3. The first-order valence-electron chi connectivity index (χ1n) is 4.69. The van der Waals surface area contributed by atoms with Crippen molar-refractivity contribution in [2.24, 2.45) is 11.3 Å². The highest BCUT2D eigenvalue weighted by Crippen LogP contribution is 2.32. The predicted molar refractivity (Wildman–Crippen MR) is 53.9 cm³/mol. The lowest BCUT2D eigenvalue weighted by atomic mass is 9.72. The van der Waals surface area contributed by atoms with Gasteiger partial charge < -0.3 is 4.79 Å². The van der Waals surface area contributed by atoms with Gasteiger partial charge >= 0.3 is 0 Å². The standard InChI is InChI=1S/C11H18O3/c1-7(12)6-11(4,5)10(8(2)13)9(3)14/h10H,6H2,1-5H3. The number of hydrogen-bond acceptors (Lipinski definition) is 3. The van der Waals surface area contributed by atoms with E-state index >= 15 is 0 Å². The third-order valence-electron chi connectivity index (χ3n) is 2.30. The molecule has 0 fully saturated rings. The van der Waals surface area contributed by atoms with Crippen molar-refractivity contribution in [1.82, 2.24) is 0 Å². The van der Waals surface area contributed by atoms with Crippen LogP contribution < -0.4 is 0 Å². The van der Waals surface area contributed by atoms with Crippen LogP contribution in [-0.2, 0) is 14.4 Å². The molecule has 0 radical (unpaired) electrons. The van der Waals surface area contributed by atoms with Gasteiger partial charge in [0.25, 0.3) is 0 Å². The van der Waals surface area contributed by atoms with Crippen molar-refractivity contribution in [3.63, 3.8) is 0 Å². The van der Waals surface area contributed by atoms with Crippen LogP contribution in [0.3, 0.4) is 0 Å². The Morgan fingerprint density at radius 3 is 1.57 bits per heavy atom. The molecule has 0 saturated heterocycles. The molecule has 0 N–H and O–H groups in total. The minimum Gasteiger partial charge on any atom is -0.300 e. The summed E-state index contributed by atoms with van der Waals surface area (Å²) in [6.07, 6.45) is 0.261. The molecule has 0 rings (SSSR count). The Bertz CT molecular complexity index is 250. The normalized spacial score (nSPS) is 11.6. The summed E-state index contributed by atoms with van der Waals surface area (Å²) in [6.45, 7) is 7.82. The second-order valence-corrected chi connectivity index (χ2v) is 4.52. The van der Waals surface area contributed by atoms with Crippen LogP contribution >= 0.6 is 0 Å². The molecule has 0 aliphatic carbocycles. The molecule has 3 nitrogen and oxygen atoms in total. The van der Waals surface area contributed by atoms with Crippen LogP contribution in [0.5, 0.6) is 0 Å². The van der Waals surface area contributed by atoms with Crippen molar-refractivity contribution >= 4 is 17.3 Å². The van der Waals surface area contributed by atoms with Gasteiger partial charge in [-0.15, -0.1) is 0 Å². The van der Waals surface area contributed by atoms with Crippen molar-refractivity contribution in [2.75, 3.05) is 0 Å². The van der Waals surface area contributed by atoms with Crippen LogP contribution in [0.25, 0.3) is 0 Å². The first kappa shape index (κ1) is 13.0. The number of hydrogen-bond donors (Lipinski definition) is 0. The third-order valence-corrected chi connectivity index (χ3v) is 2.30. The van der Waals surface area contributed by atoms with Gasteiger partial charge in [-0.05, 0) is 26.2 Å². The van der Waals surface area contributed by atoms with E-state index in [4.69, 9.17) is 0 Å². The Morgan fingerprint density at radius 1 is 1.00 bits per heavy atom. The molecule has 0 spiro atoms. The Hall–Kier alpha value is -0.990. The van der Waals surface area contributed by atoms with Crippen molar-refractivity contribution < 1.29 is 14.4 Å². The quantitative estimate of drug-likeness (QED) is 0.633. The molecule has 0 aromatic rings. The van der Waals surface area contributed by atoms with E-state index in [1.807, 2.05) is 0 Å². The SMILES string of the molecule is CC(=O)CC(C)(C)C(C(C)=O)C(C)=O. The van der Waals surface area contributed by atoms with E-state index in [0.29, 0.717) is 0 Å². The van der Waals surface area contributed by atoms with E-state index in [1.54, 1.807) is 13.8 Å². The summed E-state index contributed by atoms with van der Waals surface area (Å²) in [4.78, 5) is 33.5. The summed E-state index contributed by atoms with van der Waals surface area (Å²) in [5.41, 5.74) is -0.566. The predicted octanol–water partition coefficient (Wildman–Crippen LogP) is 1.79. The monoisotopic (exact) mass is 198 g/mol. The maximum Gasteiger partial charge on any atom is 0.140 e. The Labute approximate surface area is 84.9 Å². The van der Waals surface area contributed by atoms with Crippen molar-refractivity contribution in [1.29, 1.82) is 0 Å². The Kier molecular flexibility index (Phi) is 4.17. The van der Waals surface area contributed by atoms with Crippen LogP contribution in [0.15, 0.2) is 0 Å². The van der Waals surface area contributed by atoms with Gasteiger partial charge in [-0.25, -0.2) is 0 Å². The highest BCUT2D eigenvalue weighted by atomic mass is 16.2. The van der Waals surface area contributed by atoms with Gasteiger partial charge in [0.1, 0.15) is 17.3 Å². The first-order chi connectivity index (χ1) is 6.18. The fourth-order valence-electron chi connectivity index (χ4n) is 2.13. The Balaban J connectivity index is 4.89. The second kappa shape index (κ2) is 4.49. The maximum absolute atomic E-state index is 11.3. The molecule has 14 heavy (non-hydrogen) atoms. The van der Waals surface area contributed by atoms with Crippen LogP contribution in [0.4, 0.5) is 0 Å². The first-order valence-corrected chi connectivity index (χ1v) is 4.69. The van der Waals surface area contributed by atoms with E-state index in [2.05, 4.69) is 0 Å². The second-order valence-electron chi connectivity index (χ2n) is 4.52. The van der Waals surface area contributed by atoms with Crippen LogP contribution in [0.1, 0.15) is 41.0 Å². The summed E-state index contributed by atoms with van der Waals surface area (Å²) in [6, 6.07) is 0. The zero-order valence-electron chi connectivity index (χ0n) is 9.51. The molecule has 0 atom stereocenters. The zero-order valence-corrected chi connectivity index (χ0v) is 9.51. The number of carbonyl (C=O) groups excluding carboxylic acids is 3. The molecule has 0 amide bonds. The summed E-state index contributed by atoms with van der Waals surface area (Å²) >= 11 is 0. The minimum absolute atomic E-state index is 0.00231. The molecule has 0 saturated carbocycles. The highest BCUT2D eigenvalue weighted by Gasteiger charge is 2.37. The largest absolute Gasteiger partial charge is 0.300 e. The third kappa shape index (κ3) is 3.40. The van der Waals surface area contributed by atoms with Gasteiger partial charge in [-0.2, -0.15) is 0 Å². The van der Waals surface area contributed by atoms with Crippen molar-refractivity contribution in [3.05, 3.63) is 0 Å². The van der Waals surface area contributed by atoms with E-state index in [0.717, 1.165) is 0 Å². The summed E-state index contributed by atoms with van der Waals surface area (Å²) in [5, 5.41) is 0. The summed E-state index contributed by atoms with van der Waals surface area (Å²) in [5.74, 6) is -0.985. The van der Waals surface area contributed by atoms with Gasteiger partial charge in [-0.3, -0.25) is 9.59 Å². The lowest BCUT2D eigenvalue weighted by Crippen LogP contribution is -2.36.